The molecule has 0 radical (unpaired) electrons. The molecule has 0 heterocycles. The van der Waals surface area contributed by atoms with Crippen molar-refractivity contribution in [2.45, 2.75) is 38.1 Å². The summed E-state index contributed by atoms with van der Waals surface area (Å²) >= 11 is 0. The lowest BCUT2D eigenvalue weighted by Crippen LogP contribution is -2.33. The SMILES string of the molecule is O=C1C=C(NC2CCCCC2)c2ccccc2C1=O. The van der Waals surface area contributed by atoms with Crippen molar-refractivity contribution in [1.29, 1.82) is 0 Å². The van der Waals surface area contributed by atoms with E-state index in [1.54, 1.807) is 12.1 Å². The van der Waals surface area contributed by atoms with Gasteiger partial charge in [0.05, 0.1) is 0 Å². The van der Waals surface area contributed by atoms with E-state index in [-0.39, 0.29) is 0 Å². The second-order valence-corrected chi connectivity index (χ2v) is 5.28. The molecule has 3 rings (SSSR count). The molecule has 3 heteroatoms. The average molecular weight is 255 g/mol. The third kappa shape index (κ3) is 2.33. The predicted octanol–water partition coefficient (Wildman–Crippen LogP) is 2.72. The Morgan fingerprint density at radius 3 is 2.37 bits per heavy atom. The fourth-order valence-electron chi connectivity index (χ4n) is 2.91. The van der Waals surface area contributed by atoms with Crippen LogP contribution >= 0.6 is 0 Å². The summed E-state index contributed by atoms with van der Waals surface area (Å²) in [4.78, 5) is 23.6. The van der Waals surface area contributed by atoms with Crippen LogP contribution in [0.25, 0.3) is 5.70 Å². The zero-order valence-electron chi connectivity index (χ0n) is 10.8. The number of rotatable bonds is 2. The van der Waals surface area contributed by atoms with Gasteiger partial charge in [-0.15, -0.1) is 0 Å². The Hall–Kier alpha value is -1.90. The fourth-order valence-corrected chi connectivity index (χ4v) is 2.91. The van der Waals surface area contributed by atoms with E-state index >= 15 is 0 Å². The molecule has 19 heavy (non-hydrogen) atoms. The van der Waals surface area contributed by atoms with Gasteiger partial charge in [-0.3, -0.25) is 9.59 Å². The molecule has 0 spiro atoms. The number of Topliss-reactive ketones (excluding diaryl/α,β-unsaturated/α-hetero) is 1. The summed E-state index contributed by atoms with van der Waals surface area (Å²) < 4.78 is 0. The van der Waals surface area contributed by atoms with Gasteiger partial charge in [0.2, 0.25) is 11.6 Å². The Kier molecular flexibility index (Phi) is 3.20. The lowest BCUT2D eigenvalue weighted by molar-refractivity contribution is -0.111. The summed E-state index contributed by atoms with van der Waals surface area (Å²) in [6.45, 7) is 0. The minimum Gasteiger partial charge on any atom is -0.382 e. The number of fused-ring (bicyclic) bond motifs is 1. The van der Waals surface area contributed by atoms with Crippen molar-refractivity contribution in [1.82, 2.24) is 5.32 Å². The Morgan fingerprint density at radius 2 is 1.63 bits per heavy atom. The molecule has 2 aliphatic rings. The van der Waals surface area contributed by atoms with Crippen molar-refractivity contribution in [3.8, 4) is 0 Å². The van der Waals surface area contributed by atoms with Crippen molar-refractivity contribution in [2.24, 2.45) is 0 Å². The van der Waals surface area contributed by atoms with E-state index in [2.05, 4.69) is 5.32 Å². The van der Waals surface area contributed by atoms with Crippen LogP contribution in [-0.4, -0.2) is 17.6 Å². The molecule has 0 aliphatic heterocycles. The van der Waals surface area contributed by atoms with Crippen LogP contribution in [0.3, 0.4) is 0 Å². The Balaban J connectivity index is 1.90. The molecule has 1 aromatic carbocycles. The van der Waals surface area contributed by atoms with Gasteiger partial charge in [0.15, 0.2) is 0 Å². The molecule has 0 saturated heterocycles. The molecule has 3 nitrogen and oxygen atoms in total. The third-order valence-corrected chi connectivity index (χ3v) is 3.93. The number of carbonyl (C=O) groups excluding carboxylic acids is 2. The minimum absolute atomic E-state index is 0.398. The normalized spacial score (nSPS) is 19.9. The Labute approximate surface area is 112 Å². The first kappa shape index (κ1) is 12.2. The first-order valence-electron chi connectivity index (χ1n) is 6.92. The highest BCUT2D eigenvalue weighted by atomic mass is 16.2. The molecule has 1 saturated carbocycles. The molecular formula is C16H17NO2. The second kappa shape index (κ2) is 5.00. The fraction of sp³-hybridized carbons (Fsp3) is 0.375. The number of carbonyl (C=O) groups is 2. The largest absolute Gasteiger partial charge is 0.382 e. The lowest BCUT2D eigenvalue weighted by atomic mass is 9.90. The highest BCUT2D eigenvalue weighted by Gasteiger charge is 2.26. The van der Waals surface area contributed by atoms with Crippen LogP contribution in [0.2, 0.25) is 0 Å². The number of nitrogens with one attached hydrogen (secondary N) is 1. The molecule has 1 fully saturated rings. The van der Waals surface area contributed by atoms with Gasteiger partial charge >= 0.3 is 0 Å². The van der Waals surface area contributed by atoms with Gasteiger partial charge in [-0.2, -0.15) is 0 Å². The number of ketones is 2. The third-order valence-electron chi connectivity index (χ3n) is 3.93. The summed E-state index contributed by atoms with van der Waals surface area (Å²) in [6.07, 6.45) is 7.51. The highest BCUT2D eigenvalue weighted by Crippen LogP contribution is 2.26. The van der Waals surface area contributed by atoms with Crippen LogP contribution in [-0.2, 0) is 4.79 Å². The van der Waals surface area contributed by atoms with Gasteiger partial charge in [-0.25, -0.2) is 0 Å². The van der Waals surface area contributed by atoms with Crippen LogP contribution in [0.1, 0.15) is 48.0 Å². The molecule has 0 bridgehead atoms. The van der Waals surface area contributed by atoms with Crippen LogP contribution in [0.15, 0.2) is 30.3 Å². The van der Waals surface area contributed by atoms with Crippen LogP contribution in [0.5, 0.6) is 0 Å². The number of benzene rings is 1. The van der Waals surface area contributed by atoms with Gasteiger partial charge in [0, 0.05) is 28.9 Å². The molecule has 0 amide bonds. The van der Waals surface area contributed by atoms with E-state index < -0.39 is 11.6 Å². The second-order valence-electron chi connectivity index (χ2n) is 5.28. The summed E-state index contributed by atoms with van der Waals surface area (Å²) in [5.41, 5.74) is 2.19. The van der Waals surface area contributed by atoms with Crippen molar-refractivity contribution in [2.75, 3.05) is 0 Å². The first-order chi connectivity index (χ1) is 9.25. The zero-order chi connectivity index (χ0) is 13.2. The van der Waals surface area contributed by atoms with Crippen molar-refractivity contribution in [3.05, 3.63) is 41.5 Å². The molecular weight excluding hydrogens is 238 g/mol. The summed E-state index contributed by atoms with van der Waals surface area (Å²) in [7, 11) is 0. The van der Waals surface area contributed by atoms with Gasteiger partial charge < -0.3 is 5.32 Å². The average Bonchev–Trinajstić information content (AvgIpc) is 2.46. The van der Waals surface area contributed by atoms with Gasteiger partial charge in [-0.05, 0) is 12.8 Å². The maximum absolute atomic E-state index is 11.8. The van der Waals surface area contributed by atoms with Crippen molar-refractivity contribution in [3.63, 3.8) is 0 Å². The molecule has 98 valence electrons. The maximum atomic E-state index is 11.8. The molecule has 0 atom stereocenters. The zero-order valence-corrected chi connectivity index (χ0v) is 10.8. The minimum atomic E-state index is -0.419. The van der Waals surface area contributed by atoms with Gasteiger partial charge in [-0.1, -0.05) is 43.5 Å². The molecule has 1 N–H and O–H groups in total. The highest BCUT2D eigenvalue weighted by molar-refractivity contribution is 6.50. The van der Waals surface area contributed by atoms with E-state index in [9.17, 15) is 9.59 Å². The quantitative estimate of drug-likeness (QED) is 0.826. The van der Waals surface area contributed by atoms with E-state index in [1.807, 2.05) is 12.1 Å². The Morgan fingerprint density at radius 1 is 0.947 bits per heavy atom. The molecule has 1 aromatic rings. The van der Waals surface area contributed by atoms with E-state index in [0.29, 0.717) is 11.6 Å². The van der Waals surface area contributed by atoms with E-state index in [1.165, 1.54) is 25.3 Å². The van der Waals surface area contributed by atoms with Crippen molar-refractivity contribution < 1.29 is 9.59 Å². The number of hydrogen-bond acceptors (Lipinski definition) is 3. The van der Waals surface area contributed by atoms with Crippen molar-refractivity contribution >= 4 is 17.3 Å². The standard InChI is InChI=1S/C16H17NO2/c18-15-10-14(17-11-6-2-1-3-7-11)12-8-4-5-9-13(12)16(15)19/h4-5,8-11,17H,1-3,6-7H2. The smallest absolute Gasteiger partial charge is 0.233 e. The van der Waals surface area contributed by atoms with Crippen LogP contribution in [0.4, 0.5) is 0 Å². The molecule has 0 aromatic heterocycles. The first-order valence-corrected chi connectivity index (χ1v) is 6.92. The summed E-state index contributed by atoms with van der Waals surface area (Å²) in [5, 5.41) is 3.45. The van der Waals surface area contributed by atoms with Gasteiger partial charge in [0.25, 0.3) is 0 Å². The lowest BCUT2D eigenvalue weighted by Gasteiger charge is -2.27. The number of hydrogen-bond donors (Lipinski definition) is 1. The van der Waals surface area contributed by atoms with Crippen LogP contribution < -0.4 is 5.32 Å². The molecule has 2 aliphatic carbocycles. The summed E-state index contributed by atoms with van der Waals surface area (Å²) in [6, 6.07) is 7.76. The van der Waals surface area contributed by atoms with Gasteiger partial charge in [0.1, 0.15) is 0 Å². The Bertz CT molecular complexity index is 554. The molecule has 0 unspecified atom stereocenters. The number of allylic oxidation sites excluding steroid dienone is 1. The predicted molar refractivity (Wildman–Crippen MR) is 73.8 cm³/mol. The maximum Gasteiger partial charge on any atom is 0.233 e. The van der Waals surface area contributed by atoms with E-state index in [0.717, 1.165) is 24.1 Å². The topological polar surface area (TPSA) is 46.2 Å². The van der Waals surface area contributed by atoms with Crippen LogP contribution in [0, 0.1) is 0 Å². The summed E-state index contributed by atoms with van der Waals surface area (Å²) in [5.74, 6) is -0.818. The van der Waals surface area contributed by atoms with E-state index in [4.69, 9.17) is 0 Å². The monoisotopic (exact) mass is 255 g/mol.